The smallest absolute Gasteiger partial charge is 0.406 e. The molecule has 2 aromatic carbocycles. The van der Waals surface area contributed by atoms with Crippen molar-refractivity contribution in [2.24, 2.45) is 0 Å². The maximum atomic E-state index is 12.2. The highest BCUT2D eigenvalue weighted by Crippen LogP contribution is 2.26. The molecule has 26 heavy (non-hydrogen) atoms. The molecular formula is C18H18BF3O4. The normalized spacial score (nSPS) is 15.9. The van der Waals surface area contributed by atoms with Gasteiger partial charge in [-0.05, 0) is 35.6 Å². The fourth-order valence-electron chi connectivity index (χ4n) is 2.69. The minimum atomic E-state index is -4.69. The molecule has 1 fully saturated rings. The Labute approximate surface area is 150 Å². The lowest BCUT2D eigenvalue weighted by atomic mass is 9.77. The van der Waals surface area contributed by atoms with Gasteiger partial charge in [0.05, 0.1) is 13.2 Å². The van der Waals surface area contributed by atoms with Gasteiger partial charge in [0.1, 0.15) is 11.9 Å². The topological polar surface area (TPSA) is 36.9 Å². The van der Waals surface area contributed by atoms with Crippen molar-refractivity contribution in [1.82, 2.24) is 0 Å². The SMILES string of the molecule is CCOC1COB(c2ccc(-c3ccc(OC(F)(F)F)cc3)cc2)OC1. The molecule has 0 aromatic heterocycles. The summed E-state index contributed by atoms with van der Waals surface area (Å²) in [6, 6.07) is 13.2. The van der Waals surface area contributed by atoms with Gasteiger partial charge in [0.2, 0.25) is 0 Å². The second-order valence-electron chi connectivity index (χ2n) is 5.77. The van der Waals surface area contributed by atoms with Crippen molar-refractivity contribution in [2.45, 2.75) is 19.4 Å². The number of rotatable bonds is 5. The first-order valence-electron chi connectivity index (χ1n) is 8.25. The van der Waals surface area contributed by atoms with E-state index in [4.69, 9.17) is 14.0 Å². The van der Waals surface area contributed by atoms with Crippen LogP contribution in [0.15, 0.2) is 48.5 Å². The first-order chi connectivity index (χ1) is 12.4. The standard InChI is InChI=1S/C18H18BF3O4/c1-2-23-17-11-24-19(25-12-17)15-7-3-13(4-8-15)14-5-9-16(10-6-14)26-18(20,21)22/h3-10,17H,2,11-12H2,1H3. The lowest BCUT2D eigenvalue weighted by Crippen LogP contribution is -2.47. The van der Waals surface area contributed by atoms with Crippen molar-refractivity contribution in [2.75, 3.05) is 19.8 Å². The molecule has 1 aliphatic rings. The molecule has 1 aliphatic heterocycles. The van der Waals surface area contributed by atoms with Gasteiger partial charge in [0.25, 0.3) is 0 Å². The Morgan fingerprint density at radius 3 is 2.00 bits per heavy atom. The lowest BCUT2D eigenvalue weighted by molar-refractivity contribution is -0.274. The van der Waals surface area contributed by atoms with E-state index >= 15 is 0 Å². The van der Waals surface area contributed by atoms with Crippen molar-refractivity contribution in [3.05, 3.63) is 48.5 Å². The summed E-state index contributed by atoms with van der Waals surface area (Å²) in [5.74, 6) is -0.245. The molecule has 1 saturated heterocycles. The van der Waals surface area contributed by atoms with Crippen molar-refractivity contribution in [1.29, 1.82) is 0 Å². The minimum Gasteiger partial charge on any atom is -0.406 e. The van der Waals surface area contributed by atoms with Gasteiger partial charge in [-0.15, -0.1) is 13.2 Å². The fraction of sp³-hybridized carbons (Fsp3) is 0.333. The number of ether oxygens (including phenoxy) is 2. The van der Waals surface area contributed by atoms with Crippen LogP contribution in [0, 0.1) is 0 Å². The molecule has 8 heteroatoms. The lowest BCUT2D eigenvalue weighted by Gasteiger charge is -2.27. The van der Waals surface area contributed by atoms with Crippen LogP contribution in [-0.2, 0) is 14.0 Å². The van der Waals surface area contributed by atoms with E-state index in [-0.39, 0.29) is 11.9 Å². The van der Waals surface area contributed by atoms with Gasteiger partial charge in [0, 0.05) is 6.61 Å². The molecule has 0 aliphatic carbocycles. The largest absolute Gasteiger partial charge is 0.573 e. The molecule has 0 bridgehead atoms. The van der Waals surface area contributed by atoms with Crippen LogP contribution in [0.25, 0.3) is 11.1 Å². The van der Waals surface area contributed by atoms with E-state index in [0.717, 1.165) is 16.6 Å². The summed E-state index contributed by atoms with van der Waals surface area (Å²) in [6.07, 6.45) is -4.74. The summed E-state index contributed by atoms with van der Waals surface area (Å²) in [4.78, 5) is 0. The van der Waals surface area contributed by atoms with Crippen molar-refractivity contribution < 1.29 is 32.0 Å². The van der Waals surface area contributed by atoms with Gasteiger partial charge in [-0.3, -0.25) is 0 Å². The third kappa shape index (κ3) is 5.00. The molecule has 0 N–H and O–H groups in total. The number of alkyl halides is 3. The molecule has 3 rings (SSSR count). The van der Waals surface area contributed by atoms with Crippen LogP contribution in [0.2, 0.25) is 0 Å². The van der Waals surface area contributed by atoms with Crippen LogP contribution >= 0.6 is 0 Å². The Balaban J connectivity index is 1.63. The maximum Gasteiger partial charge on any atom is 0.573 e. The molecule has 1 heterocycles. The second kappa shape index (κ2) is 8.12. The van der Waals surface area contributed by atoms with Gasteiger partial charge >= 0.3 is 13.5 Å². The van der Waals surface area contributed by atoms with Gasteiger partial charge in [0.15, 0.2) is 0 Å². The van der Waals surface area contributed by atoms with Crippen LogP contribution in [0.5, 0.6) is 5.75 Å². The zero-order valence-corrected chi connectivity index (χ0v) is 14.2. The van der Waals surface area contributed by atoms with Crippen LogP contribution in [0.1, 0.15) is 6.92 Å². The summed E-state index contributed by atoms with van der Waals surface area (Å²) in [7, 11) is -0.441. The average molecular weight is 366 g/mol. The molecule has 0 radical (unpaired) electrons. The van der Waals surface area contributed by atoms with E-state index in [9.17, 15) is 13.2 Å². The monoisotopic (exact) mass is 366 g/mol. The van der Waals surface area contributed by atoms with Crippen molar-refractivity contribution in [3.8, 4) is 16.9 Å². The summed E-state index contributed by atoms with van der Waals surface area (Å²) >= 11 is 0. The molecule has 0 atom stereocenters. The van der Waals surface area contributed by atoms with Gasteiger partial charge in [-0.1, -0.05) is 36.4 Å². The predicted octanol–water partition coefficient (Wildman–Crippen LogP) is 3.40. The Bertz CT molecular complexity index is 696. The predicted molar refractivity (Wildman–Crippen MR) is 91.3 cm³/mol. The van der Waals surface area contributed by atoms with E-state index in [1.54, 1.807) is 12.1 Å². The molecule has 4 nitrogen and oxygen atoms in total. The quantitative estimate of drug-likeness (QED) is 0.761. The van der Waals surface area contributed by atoms with E-state index in [2.05, 4.69) is 4.74 Å². The third-order valence-electron chi connectivity index (χ3n) is 3.87. The first kappa shape index (κ1) is 18.8. The molecule has 0 saturated carbocycles. The summed E-state index contributed by atoms with van der Waals surface area (Å²) < 4.78 is 57.3. The molecule has 0 unspecified atom stereocenters. The highest BCUT2D eigenvalue weighted by Gasteiger charge is 2.31. The maximum absolute atomic E-state index is 12.2. The Morgan fingerprint density at radius 1 is 0.962 bits per heavy atom. The molecular weight excluding hydrogens is 348 g/mol. The Hall–Kier alpha value is -2.03. The number of hydrogen-bond donors (Lipinski definition) is 0. The molecule has 138 valence electrons. The highest BCUT2D eigenvalue weighted by molar-refractivity contribution is 6.61. The first-order valence-corrected chi connectivity index (χ1v) is 8.25. The average Bonchev–Trinajstić information content (AvgIpc) is 2.62. The Kier molecular flexibility index (Phi) is 5.85. The van der Waals surface area contributed by atoms with Crippen molar-refractivity contribution >= 4 is 12.6 Å². The number of halogens is 3. The summed E-state index contributed by atoms with van der Waals surface area (Å²) in [5.41, 5.74) is 2.53. The van der Waals surface area contributed by atoms with E-state index in [1.165, 1.54) is 12.1 Å². The van der Waals surface area contributed by atoms with E-state index in [1.807, 2.05) is 31.2 Å². The number of benzene rings is 2. The second-order valence-corrected chi connectivity index (χ2v) is 5.77. The van der Waals surface area contributed by atoms with Gasteiger partial charge in [-0.25, -0.2) is 0 Å². The summed E-state index contributed by atoms with van der Waals surface area (Å²) in [5, 5.41) is 0. The zero-order valence-electron chi connectivity index (χ0n) is 14.2. The van der Waals surface area contributed by atoms with Crippen LogP contribution in [0.4, 0.5) is 13.2 Å². The molecule has 2 aromatic rings. The third-order valence-corrected chi connectivity index (χ3v) is 3.87. The fourth-order valence-corrected chi connectivity index (χ4v) is 2.69. The van der Waals surface area contributed by atoms with Crippen LogP contribution in [0.3, 0.4) is 0 Å². The molecule has 0 spiro atoms. The van der Waals surface area contributed by atoms with Crippen LogP contribution in [-0.4, -0.2) is 39.4 Å². The van der Waals surface area contributed by atoms with Crippen molar-refractivity contribution in [3.63, 3.8) is 0 Å². The Morgan fingerprint density at radius 2 is 1.50 bits per heavy atom. The number of hydrogen-bond acceptors (Lipinski definition) is 4. The minimum absolute atomic E-state index is 0.0482. The van der Waals surface area contributed by atoms with Gasteiger partial charge in [-0.2, -0.15) is 0 Å². The molecule has 0 amide bonds. The van der Waals surface area contributed by atoms with Gasteiger partial charge < -0.3 is 18.8 Å². The van der Waals surface area contributed by atoms with E-state index in [0.29, 0.717) is 19.8 Å². The van der Waals surface area contributed by atoms with Crippen LogP contribution < -0.4 is 10.2 Å². The summed E-state index contributed by atoms with van der Waals surface area (Å²) in [6.45, 7) is 3.48. The van der Waals surface area contributed by atoms with E-state index < -0.39 is 13.5 Å². The zero-order chi connectivity index (χ0) is 18.6. The highest BCUT2D eigenvalue weighted by atomic mass is 19.4.